The van der Waals surface area contributed by atoms with Crippen molar-refractivity contribution in [2.75, 3.05) is 19.6 Å². The van der Waals surface area contributed by atoms with Crippen LogP contribution in [0.4, 0.5) is 0 Å². The lowest BCUT2D eigenvalue weighted by Crippen LogP contribution is -2.41. The first kappa shape index (κ1) is 16.8. The van der Waals surface area contributed by atoms with Crippen molar-refractivity contribution in [3.05, 3.63) is 34.9 Å². The van der Waals surface area contributed by atoms with E-state index in [1.807, 2.05) is 12.1 Å². The molecular weight excluding hydrogens is 280 g/mol. The Morgan fingerprint density at radius 3 is 2.52 bits per heavy atom. The molecule has 0 bridgehead atoms. The monoisotopic (exact) mass is 308 g/mol. The molecule has 0 amide bonds. The standard InChI is InChI=1S/C18H29ClN2/c1-4-18(15-7-9-16(19)10-8-15)21(12-14(2)3)13-17-6-5-11-20-17/h7-10,14,17-18,20H,4-6,11-13H2,1-3H3. The van der Waals surface area contributed by atoms with Crippen LogP contribution in [0.15, 0.2) is 24.3 Å². The van der Waals surface area contributed by atoms with E-state index in [-0.39, 0.29) is 0 Å². The van der Waals surface area contributed by atoms with Crippen molar-refractivity contribution in [1.82, 2.24) is 10.2 Å². The van der Waals surface area contributed by atoms with E-state index in [1.54, 1.807) is 0 Å². The van der Waals surface area contributed by atoms with E-state index in [2.05, 4.69) is 43.1 Å². The van der Waals surface area contributed by atoms with Gasteiger partial charge < -0.3 is 5.32 Å². The van der Waals surface area contributed by atoms with Gasteiger partial charge in [0.05, 0.1) is 0 Å². The highest BCUT2D eigenvalue weighted by Crippen LogP contribution is 2.27. The van der Waals surface area contributed by atoms with Gasteiger partial charge in [0, 0.05) is 30.2 Å². The van der Waals surface area contributed by atoms with Crippen LogP contribution >= 0.6 is 11.6 Å². The quantitative estimate of drug-likeness (QED) is 0.798. The van der Waals surface area contributed by atoms with Gasteiger partial charge >= 0.3 is 0 Å². The molecule has 0 spiro atoms. The van der Waals surface area contributed by atoms with Crippen molar-refractivity contribution in [3.63, 3.8) is 0 Å². The lowest BCUT2D eigenvalue weighted by molar-refractivity contribution is 0.156. The number of benzene rings is 1. The molecule has 3 heteroatoms. The molecule has 1 aromatic carbocycles. The van der Waals surface area contributed by atoms with E-state index in [9.17, 15) is 0 Å². The van der Waals surface area contributed by atoms with Gasteiger partial charge in [0.15, 0.2) is 0 Å². The van der Waals surface area contributed by atoms with Gasteiger partial charge in [-0.15, -0.1) is 0 Å². The zero-order valence-electron chi connectivity index (χ0n) is 13.6. The molecule has 2 rings (SSSR count). The molecule has 1 aliphatic rings. The zero-order valence-corrected chi connectivity index (χ0v) is 14.4. The van der Waals surface area contributed by atoms with Gasteiger partial charge in [-0.05, 0) is 49.4 Å². The van der Waals surface area contributed by atoms with E-state index in [4.69, 9.17) is 11.6 Å². The molecule has 0 aromatic heterocycles. The second-order valence-electron chi connectivity index (χ2n) is 6.62. The largest absolute Gasteiger partial charge is 0.313 e. The Labute approximate surface area is 134 Å². The van der Waals surface area contributed by atoms with Gasteiger partial charge in [0.1, 0.15) is 0 Å². The molecule has 1 fully saturated rings. The third kappa shape index (κ3) is 4.98. The van der Waals surface area contributed by atoms with Crippen LogP contribution < -0.4 is 5.32 Å². The van der Waals surface area contributed by atoms with Gasteiger partial charge in [0.25, 0.3) is 0 Å². The van der Waals surface area contributed by atoms with Gasteiger partial charge in [-0.25, -0.2) is 0 Å². The average Bonchev–Trinajstić information content (AvgIpc) is 2.94. The highest BCUT2D eigenvalue weighted by Gasteiger charge is 2.24. The summed E-state index contributed by atoms with van der Waals surface area (Å²) in [5.41, 5.74) is 1.39. The molecule has 0 saturated carbocycles. The summed E-state index contributed by atoms with van der Waals surface area (Å²) in [6.07, 6.45) is 3.77. The molecule has 0 radical (unpaired) electrons. The number of rotatable bonds is 7. The third-order valence-corrected chi connectivity index (χ3v) is 4.55. The predicted octanol–water partition coefficient (Wildman–Crippen LogP) is 4.50. The predicted molar refractivity (Wildman–Crippen MR) is 91.9 cm³/mol. The summed E-state index contributed by atoms with van der Waals surface area (Å²) in [4.78, 5) is 2.66. The molecule has 1 aliphatic heterocycles. The molecule has 1 aromatic rings. The number of nitrogens with one attached hydrogen (secondary N) is 1. The van der Waals surface area contributed by atoms with E-state index < -0.39 is 0 Å². The van der Waals surface area contributed by atoms with Crippen molar-refractivity contribution in [3.8, 4) is 0 Å². The molecule has 21 heavy (non-hydrogen) atoms. The summed E-state index contributed by atoms with van der Waals surface area (Å²) < 4.78 is 0. The maximum atomic E-state index is 6.04. The topological polar surface area (TPSA) is 15.3 Å². The zero-order chi connectivity index (χ0) is 15.2. The van der Waals surface area contributed by atoms with Gasteiger partial charge in [0.2, 0.25) is 0 Å². The van der Waals surface area contributed by atoms with Gasteiger partial charge in [-0.3, -0.25) is 4.90 Å². The second kappa shape index (κ2) is 8.17. The molecule has 2 atom stereocenters. The van der Waals surface area contributed by atoms with Crippen LogP contribution in [-0.4, -0.2) is 30.6 Å². The SMILES string of the molecule is CCC(c1ccc(Cl)cc1)N(CC(C)C)CC1CCCN1. The minimum absolute atomic E-state index is 0.493. The Morgan fingerprint density at radius 1 is 1.29 bits per heavy atom. The fraction of sp³-hybridized carbons (Fsp3) is 0.667. The van der Waals surface area contributed by atoms with Crippen molar-refractivity contribution in [2.45, 2.75) is 52.1 Å². The molecule has 1 heterocycles. The van der Waals surface area contributed by atoms with Crippen LogP contribution in [0.2, 0.25) is 5.02 Å². The Kier molecular flexibility index (Phi) is 6.53. The summed E-state index contributed by atoms with van der Waals surface area (Å²) in [6, 6.07) is 9.55. The summed E-state index contributed by atoms with van der Waals surface area (Å²) in [5, 5.41) is 4.46. The smallest absolute Gasteiger partial charge is 0.0406 e. The van der Waals surface area contributed by atoms with Crippen LogP contribution in [0.1, 0.15) is 51.6 Å². The lowest BCUT2D eigenvalue weighted by Gasteiger charge is -2.35. The van der Waals surface area contributed by atoms with E-state index in [1.165, 1.54) is 24.9 Å². The van der Waals surface area contributed by atoms with Crippen LogP contribution in [0, 0.1) is 5.92 Å². The number of hydrogen-bond donors (Lipinski definition) is 1. The van der Waals surface area contributed by atoms with Crippen molar-refractivity contribution >= 4 is 11.6 Å². The summed E-state index contributed by atoms with van der Waals surface area (Å²) in [7, 11) is 0. The highest BCUT2D eigenvalue weighted by molar-refractivity contribution is 6.30. The Hall–Kier alpha value is -0.570. The average molecular weight is 309 g/mol. The fourth-order valence-corrected chi connectivity index (χ4v) is 3.51. The van der Waals surface area contributed by atoms with Crippen LogP contribution in [0.25, 0.3) is 0 Å². The highest BCUT2D eigenvalue weighted by atomic mass is 35.5. The first-order chi connectivity index (χ1) is 10.1. The molecule has 1 saturated heterocycles. The van der Waals surface area contributed by atoms with E-state index in [0.29, 0.717) is 18.0 Å². The maximum absolute atomic E-state index is 6.04. The first-order valence-electron chi connectivity index (χ1n) is 8.33. The Morgan fingerprint density at radius 2 is 2.00 bits per heavy atom. The van der Waals surface area contributed by atoms with Crippen LogP contribution in [-0.2, 0) is 0 Å². The van der Waals surface area contributed by atoms with Crippen molar-refractivity contribution < 1.29 is 0 Å². The third-order valence-electron chi connectivity index (χ3n) is 4.30. The minimum Gasteiger partial charge on any atom is -0.313 e. The molecule has 2 nitrogen and oxygen atoms in total. The molecule has 0 aliphatic carbocycles. The van der Waals surface area contributed by atoms with Gasteiger partial charge in [-0.1, -0.05) is 44.5 Å². The molecular formula is C18H29ClN2. The van der Waals surface area contributed by atoms with Gasteiger partial charge in [-0.2, -0.15) is 0 Å². The number of hydrogen-bond acceptors (Lipinski definition) is 2. The van der Waals surface area contributed by atoms with Crippen LogP contribution in [0.3, 0.4) is 0 Å². The summed E-state index contributed by atoms with van der Waals surface area (Å²) in [6.45, 7) is 10.4. The normalized spacial score (nSPS) is 20.4. The first-order valence-corrected chi connectivity index (χ1v) is 8.70. The Bertz CT molecular complexity index is 410. The van der Waals surface area contributed by atoms with Crippen LogP contribution in [0.5, 0.6) is 0 Å². The lowest BCUT2D eigenvalue weighted by atomic mass is 10.00. The second-order valence-corrected chi connectivity index (χ2v) is 7.05. The number of halogens is 1. The maximum Gasteiger partial charge on any atom is 0.0406 e. The minimum atomic E-state index is 0.493. The molecule has 1 N–H and O–H groups in total. The number of nitrogens with zero attached hydrogens (tertiary/aromatic N) is 1. The Balaban J connectivity index is 2.12. The van der Waals surface area contributed by atoms with Crippen molar-refractivity contribution in [2.24, 2.45) is 5.92 Å². The summed E-state index contributed by atoms with van der Waals surface area (Å²) in [5.74, 6) is 0.688. The summed E-state index contributed by atoms with van der Waals surface area (Å²) >= 11 is 6.04. The van der Waals surface area contributed by atoms with Crippen molar-refractivity contribution in [1.29, 1.82) is 0 Å². The van der Waals surface area contributed by atoms with E-state index in [0.717, 1.165) is 24.5 Å². The fourth-order valence-electron chi connectivity index (χ4n) is 3.38. The molecule has 2 unspecified atom stereocenters. The molecule has 118 valence electrons. The van der Waals surface area contributed by atoms with E-state index >= 15 is 0 Å².